The second-order valence-corrected chi connectivity index (χ2v) is 5.08. The van der Waals surface area contributed by atoms with Crippen molar-refractivity contribution in [2.75, 3.05) is 40.1 Å². The molecule has 0 atom stereocenters. The van der Waals surface area contributed by atoms with Crippen LogP contribution in [0.5, 0.6) is 11.5 Å². The van der Waals surface area contributed by atoms with Gasteiger partial charge in [-0.2, -0.15) is 0 Å². The topological polar surface area (TPSA) is 60.0 Å². The molecular weight excluding hydrogens is 338 g/mol. The highest BCUT2D eigenvalue weighted by Crippen LogP contribution is 2.36. The first-order valence-electron chi connectivity index (χ1n) is 6.72. The molecule has 0 saturated carbocycles. The molecule has 0 aliphatic rings. The van der Waals surface area contributed by atoms with E-state index in [4.69, 9.17) is 19.3 Å². The largest absolute Gasteiger partial charge is 0.493 e. The van der Waals surface area contributed by atoms with Crippen molar-refractivity contribution in [3.8, 4) is 11.5 Å². The monoisotopic (exact) mass is 359 g/mol. The van der Waals surface area contributed by atoms with Crippen LogP contribution in [0.1, 0.15) is 5.56 Å². The summed E-state index contributed by atoms with van der Waals surface area (Å²) in [5.74, 6) is 1.35. The van der Waals surface area contributed by atoms with Gasteiger partial charge in [0.1, 0.15) is 6.61 Å². The maximum atomic E-state index is 8.59. The van der Waals surface area contributed by atoms with Crippen LogP contribution < -0.4 is 14.8 Å². The van der Waals surface area contributed by atoms with Crippen molar-refractivity contribution in [2.45, 2.75) is 6.54 Å². The van der Waals surface area contributed by atoms with E-state index >= 15 is 0 Å². The average molecular weight is 360 g/mol. The van der Waals surface area contributed by atoms with Crippen molar-refractivity contribution < 1.29 is 19.3 Å². The summed E-state index contributed by atoms with van der Waals surface area (Å²) in [6, 6.07) is 3.92. The summed E-state index contributed by atoms with van der Waals surface area (Å²) in [6.45, 7) is 6.46. The predicted molar refractivity (Wildman–Crippen MR) is 86.0 cm³/mol. The van der Waals surface area contributed by atoms with Gasteiger partial charge < -0.3 is 24.6 Å². The lowest BCUT2D eigenvalue weighted by Gasteiger charge is -2.14. The Morgan fingerprint density at radius 2 is 2.19 bits per heavy atom. The molecule has 1 aromatic rings. The minimum Gasteiger partial charge on any atom is -0.493 e. The molecule has 0 amide bonds. The Morgan fingerprint density at radius 3 is 2.86 bits per heavy atom. The molecule has 1 aromatic carbocycles. The molecule has 0 spiro atoms. The molecule has 0 aliphatic carbocycles. The van der Waals surface area contributed by atoms with Crippen LogP contribution in [0.25, 0.3) is 0 Å². The second kappa shape index (κ2) is 10.6. The molecule has 0 unspecified atom stereocenters. The smallest absolute Gasteiger partial charge is 0.175 e. The van der Waals surface area contributed by atoms with Gasteiger partial charge in [-0.05, 0) is 33.6 Å². The number of benzene rings is 1. The van der Waals surface area contributed by atoms with E-state index < -0.39 is 0 Å². The van der Waals surface area contributed by atoms with Crippen LogP contribution in [0.15, 0.2) is 29.3 Å². The van der Waals surface area contributed by atoms with E-state index in [0.29, 0.717) is 44.4 Å². The van der Waals surface area contributed by atoms with Crippen molar-refractivity contribution in [1.82, 2.24) is 5.32 Å². The van der Waals surface area contributed by atoms with E-state index in [0.717, 1.165) is 10.0 Å². The normalized spacial score (nSPS) is 10.4. The molecule has 0 bridgehead atoms. The maximum absolute atomic E-state index is 8.59. The van der Waals surface area contributed by atoms with E-state index in [1.54, 1.807) is 13.2 Å². The number of aliphatic hydroxyl groups is 1. The molecule has 6 heteroatoms. The number of hydrogen-bond acceptors (Lipinski definition) is 5. The highest BCUT2D eigenvalue weighted by Gasteiger charge is 2.11. The minimum atomic E-state index is 0.0519. The predicted octanol–water partition coefficient (Wildman–Crippen LogP) is 2.12. The second-order valence-electron chi connectivity index (χ2n) is 4.22. The van der Waals surface area contributed by atoms with Crippen molar-refractivity contribution in [1.29, 1.82) is 0 Å². The van der Waals surface area contributed by atoms with Gasteiger partial charge in [-0.3, -0.25) is 0 Å². The number of hydrogen-bond donors (Lipinski definition) is 2. The van der Waals surface area contributed by atoms with Crippen molar-refractivity contribution >= 4 is 15.9 Å². The van der Waals surface area contributed by atoms with Crippen LogP contribution in [0.2, 0.25) is 0 Å². The van der Waals surface area contributed by atoms with Gasteiger partial charge in [0.05, 0.1) is 31.4 Å². The fourth-order valence-corrected chi connectivity index (χ4v) is 2.31. The van der Waals surface area contributed by atoms with Gasteiger partial charge in [0.15, 0.2) is 11.5 Å². The summed E-state index contributed by atoms with van der Waals surface area (Å²) in [5, 5.41) is 11.9. The summed E-state index contributed by atoms with van der Waals surface area (Å²) < 4.78 is 17.0. The zero-order valence-corrected chi connectivity index (χ0v) is 13.8. The van der Waals surface area contributed by atoms with E-state index in [-0.39, 0.29) is 6.61 Å². The molecule has 0 saturated heterocycles. The van der Waals surface area contributed by atoms with Gasteiger partial charge in [-0.1, -0.05) is 12.7 Å². The first kappa shape index (κ1) is 18.0. The molecule has 5 nitrogen and oxygen atoms in total. The van der Waals surface area contributed by atoms with Gasteiger partial charge in [0, 0.05) is 13.1 Å². The lowest BCUT2D eigenvalue weighted by Crippen LogP contribution is -2.20. The number of aliphatic hydroxyl groups excluding tert-OH is 1. The number of halogens is 1. The number of rotatable bonds is 11. The Balaban J connectivity index is 2.55. The first-order chi connectivity index (χ1) is 10.2. The van der Waals surface area contributed by atoms with Crippen molar-refractivity contribution in [2.24, 2.45) is 0 Å². The van der Waals surface area contributed by atoms with Gasteiger partial charge in [0.25, 0.3) is 0 Å². The summed E-state index contributed by atoms with van der Waals surface area (Å²) in [5.41, 5.74) is 1.08. The number of methoxy groups -OCH3 is 1. The highest BCUT2D eigenvalue weighted by molar-refractivity contribution is 9.10. The fourth-order valence-electron chi connectivity index (χ4n) is 1.70. The lowest BCUT2D eigenvalue weighted by molar-refractivity contribution is 0.0938. The third-order valence-electron chi connectivity index (χ3n) is 2.62. The van der Waals surface area contributed by atoms with E-state index in [1.165, 1.54) is 0 Å². The number of ether oxygens (including phenoxy) is 3. The zero-order valence-electron chi connectivity index (χ0n) is 12.2. The van der Waals surface area contributed by atoms with Crippen LogP contribution in [0, 0.1) is 0 Å². The third kappa shape index (κ3) is 6.48. The zero-order chi connectivity index (χ0) is 15.5. The number of nitrogens with one attached hydrogen (secondary N) is 1. The summed E-state index contributed by atoms with van der Waals surface area (Å²) >= 11 is 3.49. The van der Waals surface area contributed by atoms with E-state index in [2.05, 4.69) is 27.8 Å². The molecule has 21 heavy (non-hydrogen) atoms. The standard InChI is InChI=1S/C15H22BrNO4/c1-3-6-21-15-13(16)9-12(10-14(15)19-2)11-17-4-7-20-8-5-18/h3,9-10,17-18H,1,4-8,11H2,2H3. The highest BCUT2D eigenvalue weighted by atomic mass is 79.9. The Morgan fingerprint density at radius 1 is 1.38 bits per heavy atom. The summed E-state index contributed by atoms with van der Waals surface area (Å²) in [6.07, 6.45) is 1.69. The Hall–Kier alpha value is -1.08. The Bertz CT molecular complexity index is 440. The lowest BCUT2D eigenvalue weighted by atomic mass is 10.2. The molecule has 2 N–H and O–H groups in total. The molecule has 0 aromatic heterocycles. The van der Waals surface area contributed by atoms with Crippen LogP contribution >= 0.6 is 15.9 Å². The summed E-state index contributed by atoms with van der Waals surface area (Å²) in [4.78, 5) is 0. The molecule has 0 radical (unpaired) electrons. The van der Waals surface area contributed by atoms with Crippen molar-refractivity contribution in [3.05, 3.63) is 34.8 Å². The third-order valence-corrected chi connectivity index (χ3v) is 3.21. The summed E-state index contributed by atoms with van der Waals surface area (Å²) in [7, 11) is 1.61. The van der Waals surface area contributed by atoms with E-state index in [1.807, 2.05) is 12.1 Å². The molecule has 1 rings (SSSR count). The van der Waals surface area contributed by atoms with Crippen LogP contribution in [0.4, 0.5) is 0 Å². The van der Waals surface area contributed by atoms with Gasteiger partial charge in [0.2, 0.25) is 0 Å². The fraction of sp³-hybridized carbons (Fsp3) is 0.467. The van der Waals surface area contributed by atoms with Gasteiger partial charge in [-0.25, -0.2) is 0 Å². The van der Waals surface area contributed by atoms with Crippen LogP contribution in [-0.2, 0) is 11.3 Å². The van der Waals surface area contributed by atoms with Crippen LogP contribution in [0.3, 0.4) is 0 Å². The average Bonchev–Trinajstić information content (AvgIpc) is 2.49. The van der Waals surface area contributed by atoms with Gasteiger partial charge in [-0.15, -0.1) is 0 Å². The molecule has 0 aliphatic heterocycles. The SMILES string of the molecule is C=CCOc1c(Br)cc(CNCCOCCO)cc1OC. The van der Waals surface area contributed by atoms with E-state index in [9.17, 15) is 0 Å². The van der Waals surface area contributed by atoms with Crippen LogP contribution in [-0.4, -0.2) is 45.2 Å². The van der Waals surface area contributed by atoms with Crippen molar-refractivity contribution in [3.63, 3.8) is 0 Å². The maximum Gasteiger partial charge on any atom is 0.175 e. The molecule has 0 fully saturated rings. The Kier molecular flexibility index (Phi) is 9.09. The molecule has 0 heterocycles. The molecule has 118 valence electrons. The first-order valence-corrected chi connectivity index (χ1v) is 7.51. The van der Waals surface area contributed by atoms with Gasteiger partial charge >= 0.3 is 0 Å². The minimum absolute atomic E-state index is 0.0519. The molecular formula is C15H22BrNO4. The Labute approximate surface area is 134 Å². The quantitative estimate of drug-likeness (QED) is 0.468.